The van der Waals surface area contributed by atoms with Crippen LogP contribution in [-0.4, -0.2) is 25.3 Å². The van der Waals surface area contributed by atoms with E-state index in [9.17, 15) is 8.42 Å². The van der Waals surface area contributed by atoms with Crippen molar-refractivity contribution >= 4 is 10.0 Å². The Labute approximate surface area is 108 Å². The van der Waals surface area contributed by atoms with Gasteiger partial charge >= 0.3 is 0 Å². The molecule has 1 fully saturated rings. The first kappa shape index (κ1) is 13.6. The molecule has 0 aliphatic carbocycles. The third-order valence-corrected chi connectivity index (χ3v) is 5.80. The van der Waals surface area contributed by atoms with E-state index in [1.807, 2.05) is 6.92 Å². The fourth-order valence-corrected chi connectivity index (χ4v) is 4.79. The van der Waals surface area contributed by atoms with Crippen LogP contribution in [0.4, 0.5) is 0 Å². The van der Waals surface area contributed by atoms with E-state index in [-0.39, 0.29) is 17.5 Å². The maximum atomic E-state index is 12.7. The Hall–Kier alpha value is -0.850. The van der Waals surface area contributed by atoms with Gasteiger partial charge in [0, 0.05) is 24.7 Å². The standard InChI is InChI=1S/C12H20N2O3S/c1-8-5-4-6-14(8)18(15,16)12-10(3)17-9(2)11(12)7-13/h8H,4-7,13H2,1-3H3. The van der Waals surface area contributed by atoms with Crippen LogP contribution in [0.25, 0.3) is 0 Å². The Morgan fingerprint density at radius 2 is 2.06 bits per heavy atom. The molecule has 1 atom stereocenters. The van der Waals surface area contributed by atoms with E-state index in [4.69, 9.17) is 10.2 Å². The SMILES string of the molecule is Cc1oc(C)c(S(=O)(=O)N2CCCC2C)c1CN. The van der Waals surface area contributed by atoms with Crippen molar-refractivity contribution in [2.24, 2.45) is 5.73 Å². The zero-order valence-electron chi connectivity index (χ0n) is 11.1. The average molecular weight is 272 g/mol. The molecule has 0 spiro atoms. The molecule has 1 unspecified atom stereocenters. The van der Waals surface area contributed by atoms with Crippen LogP contribution in [0.2, 0.25) is 0 Å². The number of hydrogen-bond donors (Lipinski definition) is 1. The van der Waals surface area contributed by atoms with Gasteiger partial charge in [-0.2, -0.15) is 4.31 Å². The largest absolute Gasteiger partial charge is 0.465 e. The van der Waals surface area contributed by atoms with Crippen molar-refractivity contribution in [1.29, 1.82) is 0 Å². The maximum absolute atomic E-state index is 12.7. The van der Waals surface area contributed by atoms with E-state index in [1.54, 1.807) is 18.2 Å². The highest BCUT2D eigenvalue weighted by atomic mass is 32.2. The summed E-state index contributed by atoms with van der Waals surface area (Å²) in [7, 11) is -3.48. The van der Waals surface area contributed by atoms with Crippen LogP contribution >= 0.6 is 0 Å². The molecule has 0 amide bonds. The minimum absolute atomic E-state index is 0.0511. The number of sulfonamides is 1. The summed E-state index contributed by atoms with van der Waals surface area (Å²) in [5.74, 6) is 1.03. The second-order valence-electron chi connectivity index (χ2n) is 4.83. The Kier molecular flexibility index (Phi) is 3.53. The third-order valence-electron chi connectivity index (χ3n) is 3.59. The normalized spacial score (nSPS) is 21.7. The van der Waals surface area contributed by atoms with Gasteiger partial charge in [0.2, 0.25) is 10.0 Å². The summed E-state index contributed by atoms with van der Waals surface area (Å²) in [6, 6.07) is 0.0511. The first-order valence-corrected chi connectivity index (χ1v) is 7.64. The molecule has 102 valence electrons. The maximum Gasteiger partial charge on any atom is 0.247 e. The van der Waals surface area contributed by atoms with Gasteiger partial charge in [-0.25, -0.2) is 8.42 Å². The zero-order chi connectivity index (χ0) is 13.5. The zero-order valence-corrected chi connectivity index (χ0v) is 11.9. The molecule has 2 N–H and O–H groups in total. The molecule has 1 saturated heterocycles. The lowest BCUT2D eigenvalue weighted by Crippen LogP contribution is -2.34. The summed E-state index contributed by atoms with van der Waals surface area (Å²) in [5, 5.41) is 0. The van der Waals surface area contributed by atoms with Gasteiger partial charge < -0.3 is 10.2 Å². The minimum atomic E-state index is -3.48. The molecule has 0 radical (unpaired) electrons. The Morgan fingerprint density at radius 1 is 1.39 bits per heavy atom. The topological polar surface area (TPSA) is 76.5 Å². The molecule has 2 rings (SSSR count). The van der Waals surface area contributed by atoms with Crippen molar-refractivity contribution in [1.82, 2.24) is 4.31 Å². The smallest absolute Gasteiger partial charge is 0.247 e. The number of nitrogens with zero attached hydrogens (tertiary/aromatic N) is 1. The van der Waals surface area contributed by atoms with Gasteiger partial charge in [0.15, 0.2) is 0 Å². The highest BCUT2D eigenvalue weighted by Gasteiger charge is 2.36. The van der Waals surface area contributed by atoms with E-state index in [0.29, 0.717) is 23.6 Å². The lowest BCUT2D eigenvalue weighted by molar-refractivity contribution is 0.406. The molecule has 1 aliphatic rings. The number of furan rings is 1. The van der Waals surface area contributed by atoms with Crippen molar-refractivity contribution in [3.8, 4) is 0 Å². The third kappa shape index (κ3) is 1.98. The van der Waals surface area contributed by atoms with Crippen LogP contribution in [0, 0.1) is 13.8 Å². The van der Waals surface area contributed by atoms with Crippen LogP contribution in [-0.2, 0) is 16.6 Å². The minimum Gasteiger partial charge on any atom is -0.465 e. The highest BCUT2D eigenvalue weighted by molar-refractivity contribution is 7.89. The Morgan fingerprint density at radius 3 is 2.56 bits per heavy atom. The number of aryl methyl sites for hydroxylation is 2. The van der Waals surface area contributed by atoms with Crippen molar-refractivity contribution < 1.29 is 12.8 Å². The first-order valence-electron chi connectivity index (χ1n) is 6.20. The Balaban J connectivity index is 2.54. The van der Waals surface area contributed by atoms with Gasteiger partial charge in [-0.1, -0.05) is 0 Å². The summed E-state index contributed by atoms with van der Waals surface area (Å²) in [6.07, 6.45) is 1.82. The lowest BCUT2D eigenvalue weighted by atomic mass is 10.2. The summed E-state index contributed by atoms with van der Waals surface area (Å²) < 4.78 is 32.3. The van der Waals surface area contributed by atoms with Gasteiger partial charge in [-0.05, 0) is 33.6 Å². The van der Waals surface area contributed by atoms with E-state index < -0.39 is 10.0 Å². The first-order chi connectivity index (χ1) is 8.39. The van der Waals surface area contributed by atoms with Crippen LogP contribution in [0.1, 0.15) is 36.8 Å². The predicted molar refractivity (Wildman–Crippen MR) is 68.7 cm³/mol. The van der Waals surface area contributed by atoms with Gasteiger partial charge in [-0.15, -0.1) is 0 Å². The fraction of sp³-hybridized carbons (Fsp3) is 0.667. The molecular formula is C12H20N2O3S. The van der Waals surface area contributed by atoms with E-state index in [1.165, 1.54) is 0 Å². The lowest BCUT2D eigenvalue weighted by Gasteiger charge is -2.21. The van der Waals surface area contributed by atoms with E-state index >= 15 is 0 Å². The van der Waals surface area contributed by atoms with Crippen molar-refractivity contribution in [2.45, 2.75) is 51.1 Å². The second-order valence-corrected chi connectivity index (χ2v) is 6.66. The molecule has 0 aromatic carbocycles. The molecule has 1 aliphatic heterocycles. The molecule has 5 nitrogen and oxygen atoms in total. The molecule has 2 heterocycles. The molecule has 0 saturated carbocycles. The number of nitrogens with two attached hydrogens (primary N) is 1. The summed E-state index contributed by atoms with van der Waals surface area (Å²) >= 11 is 0. The van der Waals surface area contributed by atoms with Crippen molar-refractivity contribution in [3.05, 3.63) is 17.1 Å². The van der Waals surface area contributed by atoms with Gasteiger partial charge in [0.1, 0.15) is 16.4 Å². The number of rotatable bonds is 3. The van der Waals surface area contributed by atoms with Crippen molar-refractivity contribution in [2.75, 3.05) is 6.54 Å². The van der Waals surface area contributed by atoms with Gasteiger partial charge in [0.05, 0.1) is 0 Å². The molecule has 18 heavy (non-hydrogen) atoms. The monoisotopic (exact) mass is 272 g/mol. The molecule has 0 bridgehead atoms. The second kappa shape index (κ2) is 4.68. The summed E-state index contributed by atoms with van der Waals surface area (Å²) in [5.41, 5.74) is 6.26. The van der Waals surface area contributed by atoms with E-state index in [2.05, 4.69) is 0 Å². The van der Waals surface area contributed by atoms with Crippen LogP contribution in [0.3, 0.4) is 0 Å². The van der Waals surface area contributed by atoms with Crippen LogP contribution < -0.4 is 5.73 Å². The van der Waals surface area contributed by atoms with E-state index in [0.717, 1.165) is 12.8 Å². The van der Waals surface area contributed by atoms with Gasteiger partial charge in [0.25, 0.3) is 0 Å². The summed E-state index contributed by atoms with van der Waals surface area (Å²) in [6.45, 7) is 6.13. The Bertz CT molecular complexity index is 548. The quantitative estimate of drug-likeness (QED) is 0.905. The fourth-order valence-electron chi connectivity index (χ4n) is 2.66. The van der Waals surface area contributed by atoms with Crippen LogP contribution in [0.15, 0.2) is 9.31 Å². The molecule has 6 heteroatoms. The molecule has 1 aromatic heterocycles. The van der Waals surface area contributed by atoms with Crippen LogP contribution in [0.5, 0.6) is 0 Å². The average Bonchev–Trinajstić information content (AvgIpc) is 2.82. The molecular weight excluding hydrogens is 252 g/mol. The summed E-state index contributed by atoms with van der Waals surface area (Å²) in [4.78, 5) is 0.274. The predicted octanol–water partition coefficient (Wildman–Crippen LogP) is 1.53. The van der Waals surface area contributed by atoms with Gasteiger partial charge in [-0.3, -0.25) is 0 Å². The van der Waals surface area contributed by atoms with Crippen molar-refractivity contribution in [3.63, 3.8) is 0 Å². The highest BCUT2D eigenvalue weighted by Crippen LogP contribution is 2.32. The number of hydrogen-bond acceptors (Lipinski definition) is 4. The molecule has 1 aromatic rings.